The Bertz CT molecular complexity index is 581. The first-order chi connectivity index (χ1) is 8.58. The van der Waals surface area contributed by atoms with Gasteiger partial charge >= 0.3 is 0 Å². The van der Waals surface area contributed by atoms with Crippen molar-refractivity contribution in [1.82, 2.24) is 5.16 Å². The summed E-state index contributed by atoms with van der Waals surface area (Å²) >= 11 is 3.49. The van der Waals surface area contributed by atoms with Crippen molar-refractivity contribution in [2.75, 3.05) is 20.0 Å². The monoisotopic (exact) mass is 312 g/mol. The summed E-state index contributed by atoms with van der Waals surface area (Å²) in [5, 5.41) is 3.67. The van der Waals surface area contributed by atoms with Crippen molar-refractivity contribution in [1.29, 1.82) is 0 Å². The van der Waals surface area contributed by atoms with Gasteiger partial charge in [0.05, 0.1) is 24.3 Å². The Labute approximate surface area is 113 Å². The molecular formula is C12H13BrN2O3. The Morgan fingerprint density at radius 2 is 2.00 bits per heavy atom. The van der Waals surface area contributed by atoms with Gasteiger partial charge < -0.3 is 19.7 Å². The molecular weight excluding hydrogens is 300 g/mol. The SMILES string of the molecule is COc1cc(-c2cc(N)no2)c(OC)c(Br)c1C. The van der Waals surface area contributed by atoms with E-state index in [2.05, 4.69) is 21.1 Å². The fourth-order valence-electron chi connectivity index (χ4n) is 1.71. The number of halogens is 1. The second-order valence-electron chi connectivity index (χ2n) is 3.71. The minimum atomic E-state index is 0.322. The number of methoxy groups -OCH3 is 2. The molecule has 0 radical (unpaired) electrons. The molecule has 0 atom stereocenters. The number of hydrogen-bond acceptors (Lipinski definition) is 5. The number of benzene rings is 1. The molecule has 6 heteroatoms. The van der Waals surface area contributed by atoms with Gasteiger partial charge in [0.2, 0.25) is 0 Å². The van der Waals surface area contributed by atoms with E-state index in [1.807, 2.05) is 13.0 Å². The summed E-state index contributed by atoms with van der Waals surface area (Å²) < 4.78 is 16.7. The van der Waals surface area contributed by atoms with Crippen molar-refractivity contribution < 1.29 is 14.0 Å². The van der Waals surface area contributed by atoms with Crippen molar-refractivity contribution >= 4 is 21.7 Å². The molecule has 0 aliphatic rings. The molecule has 0 aliphatic carbocycles. The smallest absolute Gasteiger partial charge is 0.172 e. The average molecular weight is 313 g/mol. The summed E-state index contributed by atoms with van der Waals surface area (Å²) in [6, 6.07) is 3.47. The number of nitrogen functional groups attached to an aromatic ring is 1. The van der Waals surface area contributed by atoms with Crippen LogP contribution >= 0.6 is 15.9 Å². The topological polar surface area (TPSA) is 70.5 Å². The van der Waals surface area contributed by atoms with Crippen molar-refractivity contribution in [3.8, 4) is 22.8 Å². The van der Waals surface area contributed by atoms with E-state index in [4.69, 9.17) is 19.7 Å². The number of anilines is 1. The lowest BCUT2D eigenvalue weighted by Crippen LogP contribution is -1.95. The van der Waals surface area contributed by atoms with Crippen LogP contribution in [-0.4, -0.2) is 19.4 Å². The summed E-state index contributed by atoms with van der Waals surface area (Å²) in [6.07, 6.45) is 0. The van der Waals surface area contributed by atoms with Crippen molar-refractivity contribution in [2.45, 2.75) is 6.92 Å². The Kier molecular flexibility index (Phi) is 3.47. The molecule has 0 saturated carbocycles. The van der Waals surface area contributed by atoms with Crippen LogP contribution in [0.25, 0.3) is 11.3 Å². The Morgan fingerprint density at radius 1 is 1.28 bits per heavy atom. The van der Waals surface area contributed by atoms with E-state index < -0.39 is 0 Å². The van der Waals surface area contributed by atoms with E-state index in [9.17, 15) is 0 Å². The number of nitrogens with zero attached hydrogens (tertiary/aromatic N) is 1. The van der Waals surface area contributed by atoms with Crippen LogP contribution < -0.4 is 15.2 Å². The lowest BCUT2D eigenvalue weighted by atomic mass is 10.1. The van der Waals surface area contributed by atoms with Crippen molar-refractivity contribution in [3.63, 3.8) is 0 Å². The number of hydrogen-bond donors (Lipinski definition) is 1. The van der Waals surface area contributed by atoms with Crippen LogP contribution in [-0.2, 0) is 0 Å². The molecule has 0 saturated heterocycles. The minimum Gasteiger partial charge on any atom is -0.496 e. The molecule has 2 aromatic rings. The highest BCUT2D eigenvalue weighted by Gasteiger charge is 2.19. The third-order valence-electron chi connectivity index (χ3n) is 2.64. The summed E-state index contributed by atoms with van der Waals surface area (Å²) in [4.78, 5) is 0. The van der Waals surface area contributed by atoms with Crippen LogP contribution in [0.4, 0.5) is 5.82 Å². The van der Waals surface area contributed by atoms with Gasteiger partial charge in [0.25, 0.3) is 0 Å². The van der Waals surface area contributed by atoms with Crippen LogP contribution in [0.2, 0.25) is 0 Å². The van der Waals surface area contributed by atoms with Gasteiger partial charge in [-0.2, -0.15) is 0 Å². The molecule has 1 aromatic heterocycles. The molecule has 2 rings (SSSR count). The molecule has 0 fully saturated rings. The first-order valence-electron chi connectivity index (χ1n) is 5.22. The molecule has 0 aliphatic heterocycles. The van der Waals surface area contributed by atoms with Crippen LogP contribution in [0.5, 0.6) is 11.5 Å². The highest BCUT2D eigenvalue weighted by atomic mass is 79.9. The maximum atomic E-state index is 5.56. The third-order valence-corrected chi connectivity index (χ3v) is 3.59. The maximum Gasteiger partial charge on any atom is 0.172 e. The summed E-state index contributed by atoms with van der Waals surface area (Å²) in [7, 11) is 3.20. The van der Waals surface area contributed by atoms with Crippen LogP contribution in [0.1, 0.15) is 5.56 Å². The molecule has 0 bridgehead atoms. The van der Waals surface area contributed by atoms with E-state index >= 15 is 0 Å². The summed E-state index contributed by atoms with van der Waals surface area (Å²) in [5.74, 6) is 2.24. The number of aromatic nitrogens is 1. The predicted molar refractivity (Wildman–Crippen MR) is 71.9 cm³/mol. The minimum absolute atomic E-state index is 0.322. The standard InChI is InChI=1S/C12H13BrN2O3/c1-6-8(16-2)4-7(12(17-3)11(6)13)9-5-10(14)15-18-9/h4-5H,1-3H3,(H2,14,15). The summed E-state index contributed by atoms with van der Waals surface area (Å²) in [5.41, 5.74) is 7.24. The molecule has 18 heavy (non-hydrogen) atoms. The van der Waals surface area contributed by atoms with Gasteiger partial charge in [0.15, 0.2) is 11.6 Å². The number of rotatable bonds is 3. The van der Waals surface area contributed by atoms with Crippen LogP contribution in [0, 0.1) is 6.92 Å². The average Bonchev–Trinajstić information content (AvgIpc) is 2.79. The zero-order valence-electron chi connectivity index (χ0n) is 10.3. The van der Waals surface area contributed by atoms with Crippen LogP contribution in [0.3, 0.4) is 0 Å². The van der Waals surface area contributed by atoms with Gasteiger partial charge in [-0.15, -0.1) is 0 Å². The third kappa shape index (κ3) is 2.03. The van der Waals surface area contributed by atoms with Gasteiger partial charge in [-0.05, 0) is 28.9 Å². The van der Waals surface area contributed by atoms with E-state index in [-0.39, 0.29) is 0 Å². The van der Waals surface area contributed by atoms with Gasteiger partial charge in [0.1, 0.15) is 11.5 Å². The molecule has 0 spiro atoms. The number of nitrogens with two attached hydrogens (primary N) is 1. The fourth-order valence-corrected chi connectivity index (χ4v) is 2.28. The number of ether oxygens (including phenoxy) is 2. The fraction of sp³-hybridized carbons (Fsp3) is 0.250. The molecule has 0 unspecified atom stereocenters. The van der Waals surface area contributed by atoms with Gasteiger partial charge in [-0.25, -0.2) is 0 Å². The van der Waals surface area contributed by atoms with Gasteiger partial charge in [0, 0.05) is 11.6 Å². The zero-order valence-corrected chi connectivity index (χ0v) is 11.9. The van der Waals surface area contributed by atoms with E-state index in [0.717, 1.165) is 21.3 Å². The molecule has 2 N–H and O–H groups in total. The lowest BCUT2D eigenvalue weighted by Gasteiger charge is -2.14. The summed E-state index contributed by atoms with van der Waals surface area (Å²) in [6.45, 7) is 1.93. The zero-order chi connectivity index (χ0) is 13.3. The predicted octanol–water partition coefficient (Wildman–Crippen LogP) is 3.01. The van der Waals surface area contributed by atoms with Crippen molar-refractivity contribution in [3.05, 3.63) is 22.2 Å². The Hall–Kier alpha value is -1.69. The van der Waals surface area contributed by atoms with Crippen LogP contribution in [0.15, 0.2) is 21.1 Å². The molecule has 5 nitrogen and oxygen atoms in total. The molecule has 0 amide bonds. The quantitative estimate of drug-likeness (QED) is 0.943. The molecule has 1 aromatic carbocycles. The first kappa shape index (κ1) is 12.8. The molecule has 96 valence electrons. The normalized spacial score (nSPS) is 10.4. The highest BCUT2D eigenvalue weighted by molar-refractivity contribution is 9.10. The maximum absolute atomic E-state index is 5.56. The van der Waals surface area contributed by atoms with Gasteiger partial charge in [-0.3, -0.25) is 0 Å². The van der Waals surface area contributed by atoms with E-state index in [1.54, 1.807) is 20.3 Å². The Balaban J connectivity index is 2.69. The van der Waals surface area contributed by atoms with Gasteiger partial charge in [-0.1, -0.05) is 5.16 Å². The second kappa shape index (κ2) is 4.89. The van der Waals surface area contributed by atoms with E-state index in [0.29, 0.717) is 17.3 Å². The largest absolute Gasteiger partial charge is 0.496 e. The second-order valence-corrected chi connectivity index (χ2v) is 4.51. The van der Waals surface area contributed by atoms with E-state index in [1.165, 1.54) is 0 Å². The lowest BCUT2D eigenvalue weighted by molar-refractivity contribution is 0.394. The highest BCUT2D eigenvalue weighted by Crippen LogP contribution is 2.43. The first-order valence-corrected chi connectivity index (χ1v) is 6.01. The Morgan fingerprint density at radius 3 is 2.50 bits per heavy atom. The molecule has 1 heterocycles. The van der Waals surface area contributed by atoms with Crippen molar-refractivity contribution in [2.24, 2.45) is 0 Å².